The van der Waals surface area contributed by atoms with Gasteiger partial charge in [0.1, 0.15) is 5.75 Å². The molecule has 0 unspecified atom stereocenters. The SMILES string of the molecule is CN(C)CC1(c2ccc(O)cc2)CCCCC1. The maximum atomic E-state index is 9.41. The normalized spacial score (nSPS) is 19.5. The van der Waals surface area contributed by atoms with Crippen molar-refractivity contribution >= 4 is 0 Å². The topological polar surface area (TPSA) is 23.5 Å². The Kier molecular flexibility index (Phi) is 3.72. The van der Waals surface area contributed by atoms with Crippen LogP contribution in [0.15, 0.2) is 24.3 Å². The molecule has 0 aromatic heterocycles. The van der Waals surface area contributed by atoms with Gasteiger partial charge in [0.05, 0.1) is 0 Å². The third-order valence-electron chi connectivity index (χ3n) is 3.91. The molecular formula is C15H23NO. The summed E-state index contributed by atoms with van der Waals surface area (Å²) >= 11 is 0. The van der Waals surface area contributed by atoms with Crippen LogP contribution >= 0.6 is 0 Å². The molecule has 2 nitrogen and oxygen atoms in total. The molecule has 0 heterocycles. The van der Waals surface area contributed by atoms with Crippen molar-refractivity contribution in [3.8, 4) is 5.75 Å². The van der Waals surface area contributed by atoms with Crippen LogP contribution in [0, 0.1) is 0 Å². The lowest BCUT2D eigenvalue weighted by molar-refractivity contribution is 0.216. The van der Waals surface area contributed by atoms with Crippen LogP contribution in [0.25, 0.3) is 0 Å². The minimum atomic E-state index is 0.301. The van der Waals surface area contributed by atoms with Crippen molar-refractivity contribution in [3.63, 3.8) is 0 Å². The zero-order valence-corrected chi connectivity index (χ0v) is 10.9. The Morgan fingerprint density at radius 2 is 1.65 bits per heavy atom. The quantitative estimate of drug-likeness (QED) is 0.867. The van der Waals surface area contributed by atoms with Crippen LogP contribution in [0.2, 0.25) is 0 Å². The molecule has 17 heavy (non-hydrogen) atoms. The largest absolute Gasteiger partial charge is 0.508 e. The van der Waals surface area contributed by atoms with Gasteiger partial charge in [-0.2, -0.15) is 0 Å². The molecule has 0 saturated heterocycles. The van der Waals surface area contributed by atoms with E-state index < -0.39 is 0 Å². The van der Waals surface area contributed by atoms with E-state index in [0.29, 0.717) is 11.2 Å². The predicted octanol–water partition coefficient (Wildman–Crippen LogP) is 3.16. The minimum Gasteiger partial charge on any atom is -0.508 e. The maximum absolute atomic E-state index is 9.41. The zero-order valence-electron chi connectivity index (χ0n) is 10.9. The number of phenolic OH excluding ortho intramolecular Hbond substituents is 1. The number of benzene rings is 1. The van der Waals surface area contributed by atoms with Crippen molar-refractivity contribution in [2.24, 2.45) is 0 Å². The first-order valence-corrected chi connectivity index (χ1v) is 6.57. The molecule has 1 fully saturated rings. The number of likely N-dealkylation sites (N-methyl/N-ethyl adjacent to an activating group) is 1. The molecule has 0 radical (unpaired) electrons. The highest BCUT2D eigenvalue weighted by Crippen LogP contribution is 2.40. The van der Waals surface area contributed by atoms with Crippen LogP contribution in [-0.4, -0.2) is 30.6 Å². The Morgan fingerprint density at radius 1 is 1.06 bits per heavy atom. The van der Waals surface area contributed by atoms with Crippen LogP contribution in [0.3, 0.4) is 0 Å². The fourth-order valence-electron chi connectivity index (χ4n) is 3.19. The average molecular weight is 233 g/mol. The van der Waals surface area contributed by atoms with Crippen LogP contribution in [0.5, 0.6) is 5.75 Å². The van der Waals surface area contributed by atoms with E-state index in [2.05, 4.69) is 31.1 Å². The zero-order chi connectivity index (χ0) is 12.3. The molecular weight excluding hydrogens is 210 g/mol. The van der Waals surface area contributed by atoms with Crippen molar-refractivity contribution < 1.29 is 5.11 Å². The highest BCUT2D eigenvalue weighted by molar-refractivity contribution is 5.32. The number of hydrogen-bond acceptors (Lipinski definition) is 2. The van der Waals surface area contributed by atoms with E-state index in [0.717, 1.165) is 6.54 Å². The Labute approximate surface area is 104 Å². The fourth-order valence-corrected chi connectivity index (χ4v) is 3.19. The average Bonchev–Trinajstić information content (AvgIpc) is 2.30. The lowest BCUT2D eigenvalue weighted by Crippen LogP contribution is -2.39. The number of nitrogens with zero attached hydrogens (tertiary/aromatic N) is 1. The smallest absolute Gasteiger partial charge is 0.115 e. The third-order valence-corrected chi connectivity index (χ3v) is 3.91. The molecule has 2 rings (SSSR count). The van der Waals surface area contributed by atoms with Gasteiger partial charge in [-0.3, -0.25) is 0 Å². The van der Waals surface area contributed by atoms with Crippen LogP contribution in [0.4, 0.5) is 0 Å². The third kappa shape index (κ3) is 2.81. The summed E-state index contributed by atoms with van der Waals surface area (Å²) < 4.78 is 0. The van der Waals surface area contributed by atoms with Crippen molar-refractivity contribution in [2.75, 3.05) is 20.6 Å². The highest BCUT2D eigenvalue weighted by Gasteiger charge is 2.34. The molecule has 1 aliphatic carbocycles. The first kappa shape index (κ1) is 12.4. The molecule has 1 saturated carbocycles. The van der Waals surface area contributed by atoms with Crippen molar-refractivity contribution in [3.05, 3.63) is 29.8 Å². The van der Waals surface area contributed by atoms with Crippen molar-refractivity contribution in [1.82, 2.24) is 4.90 Å². The standard InChI is InChI=1S/C15H23NO/c1-16(2)12-15(10-4-3-5-11-15)13-6-8-14(17)9-7-13/h6-9,17H,3-5,10-12H2,1-2H3. The van der Waals surface area contributed by atoms with Gasteiger partial charge < -0.3 is 10.0 Å². The lowest BCUT2D eigenvalue weighted by atomic mass is 9.69. The summed E-state index contributed by atoms with van der Waals surface area (Å²) in [5.41, 5.74) is 1.69. The molecule has 94 valence electrons. The monoisotopic (exact) mass is 233 g/mol. The number of hydrogen-bond donors (Lipinski definition) is 1. The first-order chi connectivity index (χ1) is 8.12. The second kappa shape index (κ2) is 5.09. The maximum Gasteiger partial charge on any atom is 0.115 e. The van der Waals surface area contributed by atoms with Gasteiger partial charge in [0.25, 0.3) is 0 Å². The lowest BCUT2D eigenvalue weighted by Gasteiger charge is -2.40. The van der Waals surface area contributed by atoms with Gasteiger partial charge in [0, 0.05) is 12.0 Å². The molecule has 1 N–H and O–H groups in total. The number of rotatable bonds is 3. The molecule has 2 heteroatoms. The van der Waals surface area contributed by atoms with E-state index in [4.69, 9.17) is 0 Å². The van der Waals surface area contributed by atoms with E-state index in [1.807, 2.05) is 12.1 Å². The van der Waals surface area contributed by atoms with E-state index in [1.165, 1.54) is 37.7 Å². The molecule has 0 aliphatic heterocycles. The summed E-state index contributed by atoms with van der Waals surface area (Å²) in [4.78, 5) is 2.29. The predicted molar refractivity (Wildman–Crippen MR) is 71.4 cm³/mol. The Bertz CT molecular complexity index is 350. The minimum absolute atomic E-state index is 0.301. The second-order valence-electron chi connectivity index (χ2n) is 5.63. The van der Waals surface area contributed by atoms with E-state index in [9.17, 15) is 5.11 Å². The molecule has 1 aliphatic rings. The summed E-state index contributed by atoms with van der Waals surface area (Å²) in [7, 11) is 4.30. The number of phenols is 1. The summed E-state index contributed by atoms with van der Waals surface area (Å²) in [5, 5.41) is 9.41. The second-order valence-corrected chi connectivity index (χ2v) is 5.63. The van der Waals surface area contributed by atoms with Crippen LogP contribution in [0.1, 0.15) is 37.7 Å². The summed E-state index contributed by atoms with van der Waals surface area (Å²) in [5.74, 6) is 0.365. The van der Waals surface area contributed by atoms with Crippen molar-refractivity contribution in [1.29, 1.82) is 0 Å². The van der Waals surface area contributed by atoms with E-state index >= 15 is 0 Å². The van der Waals surface area contributed by atoms with E-state index in [-0.39, 0.29) is 0 Å². The molecule has 1 aromatic carbocycles. The van der Waals surface area contributed by atoms with Gasteiger partial charge in [-0.05, 0) is 44.6 Å². The molecule has 0 atom stereocenters. The van der Waals surface area contributed by atoms with Crippen LogP contribution < -0.4 is 0 Å². The van der Waals surface area contributed by atoms with E-state index in [1.54, 1.807) is 0 Å². The van der Waals surface area contributed by atoms with Gasteiger partial charge in [0.15, 0.2) is 0 Å². The Balaban J connectivity index is 2.28. The van der Waals surface area contributed by atoms with Gasteiger partial charge >= 0.3 is 0 Å². The molecule has 0 bridgehead atoms. The summed E-state index contributed by atoms with van der Waals surface area (Å²) in [6, 6.07) is 7.84. The highest BCUT2D eigenvalue weighted by atomic mass is 16.3. The van der Waals surface area contributed by atoms with Crippen molar-refractivity contribution in [2.45, 2.75) is 37.5 Å². The summed E-state index contributed by atoms with van der Waals surface area (Å²) in [6.07, 6.45) is 6.57. The molecule has 0 spiro atoms. The fraction of sp³-hybridized carbons (Fsp3) is 0.600. The first-order valence-electron chi connectivity index (χ1n) is 6.57. The Morgan fingerprint density at radius 3 is 2.18 bits per heavy atom. The Hall–Kier alpha value is -1.02. The van der Waals surface area contributed by atoms with Gasteiger partial charge in [-0.25, -0.2) is 0 Å². The molecule has 1 aromatic rings. The van der Waals surface area contributed by atoms with Crippen LogP contribution in [-0.2, 0) is 5.41 Å². The van der Waals surface area contributed by atoms with Gasteiger partial charge in [-0.1, -0.05) is 31.4 Å². The number of aromatic hydroxyl groups is 1. The van der Waals surface area contributed by atoms with Gasteiger partial charge in [0.2, 0.25) is 0 Å². The molecule has 0 amide bonds. The van der Waals surface area contributed by atoms with Gasteiger partial charge in [-0.15, -0.1) is 0 Å². The summed E-state index contributed by atoms with van der Waals surface area (Å²) in [6.45, 7) is 1.11.